The van der Waals surface area contributed by atoms with E-state index in [1.54, 1.807) is 22.0 Å². The normalized spacial score (nSPS) is 10.9. The molecule has 136 valence electrons. The molecule has 0 aliphatic rings. The second kappa shape index (κ2) is 7.78. The van der Waals surface area contributed by atoms with Crippen molar-refractivity contribution < 1.29 is 4.79 Å². The average Bonchev–Trinajstić information content (AvgIpc) is 3.24. The third-order valence-electron chi connectivity index (χ3n) is 4.37. The van der Waals surface area contributed by atoms with Crippen molar-refractivity contribution in [2.24, 2.45) is 7.05 Å². The Hall–Kier alpha value is -2.54. The molecule has 0 N–H and O–H groups in total. The van der Waals surface area contributed by atoms with Crippen LogP contribution in [-0.4, -0.2) is 42.9 Å². The molecule has 3 aromatic rings. The molecule has 0 aliphatic heterocycles. The Kier molecular flexibility index (Phi) is 5.46. The third kappa shape index (κ3) is 3.99. The van der Waals surface area contributed by atoms with Gasteiger partial charge in [0, 0.05) is 44.8 Å². The fourth-order valence-corrected chi connectivity index (χ4v) is 3.64. The molecule has 6 nitrogen and oxygen atoms in total. The highest BCUT2D eigenvalue weighted by molar-refractivity contribution is 7.99. The van der Waals surface area contributed by atoms with Crippen LogP contribution in [0.15, 0.2) is 48.1 Å². The van der Waals surface area contributed by atoms with E-state index in [2.05, 4.69) is 36.1 Å². The summed E-state index contributed by atoms with van der Waals surface area (Å²) >= 11 is 1.46. The van der Waals surface area contributed by atoms with Gasteiger partial charge in [0.25, 0.3) is 0 Å². The smallest absolute Gasteiger partial charge is 0.233 e. The summed E-state index contributed by atoms with van der Waals surface area (Å²) in [5.74, 6) is 0.410. The molecule has 2 heterocycles. The lowest BCUT2D eigenvalue weighted by molar-refractivity contribution is -0.127. The number of benzene rings is 1. The summed E-state index contributed by atoms with van der Waals surface area (Å²) in [5.41, 5.74) is 4.57. The summed E-state index contributed by atoms with van der Waals surface area (Å²) in [6.45, 7) is 4.75. The quantitative estimate of drug-likeness (QED) is 0.627. The molecule has 2 aromatic heterocycles. The molecule has 0 spiro atoms. The Morgan fingerprint density at radius 3 is 2.85 bits per heavy atom. The molecule has 7 heteroatoms. The van der Waals surface area contributed by atoms with E-state index in [0.717, 1.165) is 16.4 Å². The minimum atomic E-state index is 0.0642. The molecule has 0 unspecified atom stereocenters. The highest BCUT2D eigenvalue weighted by Gasteiger charge is 2.14. The number of hydrogen-bond donors (Lipinski definition) is 0. The molecule has 0 bridgehead atoms. The summed E-state index contributed by atoms with van der Waals surface area (Å²) < 4.78 is 3.78. The number of rotatable bonds is 6. The Balaban J connectivity index is 1.66. The topological polar surface area (TPSA) is 56.0 Å². The van der Waals surface area contributed by atoms with E-state index in [1.165, 1.54) is 22.9 Å². The van der Waals surface area contributed by atoms with Gasteiger partial charge in [-0.25, -0.2) is 4.98 Å². The standard InChI is InChI=1S/C19H23N5OS/c1-14-6-5-7-17(15(14)2)24-9-8-20-19(24)26-13-18(25)22(3)11-16-10-21-23(4)12-16/h5-10,12H,11,13H2,1-4H3. The predicted molar refractivity (Wildman–Crippen MR) is 103 cm³/mol. The summed E-state index contributed by atoms with van der Waals surface area (Å²) in [6.07, 6.45) is 7.41. The van der Waals surface area contributed by atoms with Crippen LogP contribution >= 0.6 is 11.8 Å². The largest absolute Gasteiger partial charge is 0.341 e. The zero-order valence-electron chi connectivity index (χ0n) is 15.5. The van der Waals surface area contributed by atoms with E-state index in [4.69, 9.17) is 0 Å². The first-order valence-electron chi connectivity index (χ1n) is 8.40. The number of nitrogens with zero attached hydrogens (tertiary/aromatic N) is 5. The zero-order valence-corrected chi connectivity index (χ0v) is 16.3. The van der Waals surface area contributed by atoms with Crippen molar-refractivity contribution in [3.8, 4) is 5.69 Å². The van der Waals surface area contributed by atoms with Crippen LogP contribution < -0.4 is 0 Å². The molecule has 1 amide bonds. The first-order valence-corrected chi connectivity index (χ1v) is 9.38. The van der Waals surface area contributed by atoms with Crippen molar-refractivity contribution in [1.29, 1.82) is 0 Å². The number of aromatic nitrogens is 4. The number of hydrogen-bond acceptors (Lipinski definition) is 4. The van der Waals surface area contributed by atoms with Crippen LogP contribution in [0.3, 0.4) is 0 Å². The molecule has 3 rings (SSSR count). The third-order valence-corrected chi connectivity index (χ3v) is 5.32. The van der Waals surface area contributed by atoms with E-state index in [1.807, 2.05) is 37.1 Å². The van der Waals surface area contributed by atoms with Gasteiger partial charge in [-0.2, -0.15) is 5.10 Å². The number of carbonyl (C=O) groups is 1. The van der Waals surface area contributed by atoms with E-state index in [-0.39, 0.29) is 5.91 Å². The van der Waals surface area contributed by atoms with Crippen LogP contribution in [0.2, 0.25) is 0 Å². The second-order valence-electron chi connectivity index (χ2n) is 6.36. The SMILES string of the molecule is Cc1cccc(-n2ccnc2SCC(=O)N(C)Cc2cnn(C)c2)c1C. The van der Waals surface area contributed by atoms with E-state index in [9.17, 15) is 4.79 Å². The molecule has 0 atom stereocenters. The maximum absolute atomic E-state index is 12.5. The van der Waals surface area contributed by atoms with Crippen LogP contribution in [-0.2, 0) is 18.4 Å². The van der Waals surface area contributed by atoms with Crippen LogP contribution in [0, 0.1) is 13.8 Å². The van der Waals surface area contributed by atoms with Gasteiger partial charge < -0.3 is 4.90 Å². The lowest BCUT2D eigenvalue weighted by Gasteiger charge is -2.16. The Morgan fingerprint density at radius 1 is 1.31 bits per heavy atom. The molecule has 1 aromatic carbocycles. The maximum atomic E-state index is 12.5. The molecule has 0 saturated carbocycles. The van der Waals surface area contributed by atoms with Gasteiger partial charge in [0.05, 0.1) is 17.6 Å². The van der Waals surface area contributed by atoms with Gasteiger partial charge in [0.2, 0.25) is 5.91 Å². The second-order valence-corrected chi connectivity index (χ2v) is 7.30. The van der Waals surface area contributed by atoms with Gasteiger partial charge in [-0.1, -0.05) is 23.9 Å². The summed E-state index contributed by atoms with van der Waals surface area (Å²) in [5, 5.41) is 4.96. The first-order chi connectivity index (χ1) is 12.5. The minimum Gasteiger partial charge on any atom is -0.341 e. The molecule has 26 heavy (non-hydrogen) atoms. The molecular formula is C19H23N5OS. The van der Waals surface area contributed by atoms with Crippen LogP contribution in [0.1, 0.15) is 16.7 Å². The molecular weight excluding hydrogens is 346 g/mol. The van der Waals surface area contributed by atoms with Gasteiger partial charge in [0.15, 0.2) is 5.16 Å². The fraction of sp³-hybridized carbons (Fsp3) is 0.316. The van der Waals surface area contributed by atoms with E-state index in [0.29, 0.717) is 12.3 Å². The van der Waals surface area contributed by atoms with Crippen LogP contribution in [0.5, 0.6) is 0 Å². The Labute approximate surface area is 157 Å². The van der Waals surface area contributed by atoms with Crippen molar-refractivity contribution >= 4 is 17.7 Å². The number of aryl methyl sites for hydroxylation is 2. The summed E-state index contributed by atoms with van der Waals surface area (Å²) in [4.78, 5) is 18.6. The number of carbonyl (C=O) groups excluding carboxylic acids is 1. The summed E-state index contributed by atoms with van der Waals surface area (Å²) in [7, 11) is 3.68. The first kappa shape index (κ1) is 18.3. The molecule has 0 radical (unpaired) electrons. The average molecular weight is 369 g/mol. The lowest BCUT2D eigenvalue weighted by atomic mass is 10.1. The van der Waals surface area contributed by atoms with Gasteiger partial charge in [-0.3, -0.25) is 14.0 Å². The van der Waals surface area contributed by atoms with E-state index < -0.39 is 0 Å². The molecule has 0 aliphatic carbocycles. The van der Waals surface area contributed by atoms with Crippen molar-refractivity contribution in [3.63, 3.8) is 0 Å². The van der Waals surface area contributed by atoms with Crippen molar-refractivity contribution in [3.05, 3.63) is 59.7 Å². The van der Waals surface area contributed by atoms with Gasteiger partial charge >= 0.3 is 0 Å². The highest BCUT2D eigenvalue weighted by atomic mass is 32.2. The highest BCUT2D eigenvalue weighted by Crippen LogP contribution is 2.24. The van der Waals surface area contributed by atoms with Crippen molar-refractivity contribution in [2.75, 3.05) is 12.8 Å². The fourth-order valence-electron chi connectivity index (χ4n) is 2.73. The lowest BCUT2D eigenvalue weighted by Crippen LogP contribution is -2.27. The van der Waals surface area contributed by atoms with Gasteiger partial charge in [-0.15, -0.1) is 0 Å². The molecule has 0 saturated heterocycles. The van der Waals surface area contributed by atoms with Gasteiger partial charge in [-0.05, 0) is 31.0 Å². The van der Waals surface area contributed by atoms with Crippen molar-refractivity contribution in [1.82, 2.24) is 24.2 Å². The van der Waals surface area contributed by atoms with Crippen LogP contribution in [0.25, 0.3) is 5.69 Å². The Bertz CT molecular complexity index is 914. The van der Waals surface area contributed by atoms with Crippen LogP contribution in [0.4, 0.5) is 0 Å². The summed E-state index contributed by atoms with van der Waals surface area (Å²) in [6, 6.07) is 6.21. The maximum Gasteiger partial charge on any atom is 0.233 e. The number of imidazole rings is 1. The monoisotopic (exact) mass is 369 g/mol. The predicted octanol–water partition coefficient (Wildman–Crippen LogP) is 2.97. The number of amides is 1. The van der Waals surface area contributed by atoms with Gasteiger partial charge in [0.1, 0.15) is 0 Å². The van der Waals surface area contributed by atoms with Crippen molar-refractivity contribution in [2.45, 2.75) is 25.5 Å². The molecule has 0 fully saturated rings. The number of thioether (sulfide) groups is 1. The minimum absolute atomic E-state index is 0.0642. The van der Waals surface area contributed by atoms with E-state index >= 15 is 0 Å². The zero-order chi connectivity index (χ0) is 18.7. The Morgan fingerprint density at radius 2 is 2.12 bits per heavy atom.